The van der Waals surface area contributed by atoms with Crippen molar-refractivity contribution in [1.82, 2.24) is 15.0 Å². The molecule has 2 N–H and O–H groups in total. The Labute approximate surface area is 183 Å². The van der Waals surface area contributed by atoms with Crippen LogP contribution in [0.25, 0.3) is 11.2 Å². The second-order valence-electron chi connectivity index (χ2n) is 7.52. The molecule has 0 radical (unpaired) electrons. The van der Waals surface area contributed by atoms with Gasteiger partial charge in [-0.15, -0.1) is 11.3 Å². The van der Waals surface area contributed by atoms with Crippen molar-refractivity contribution in [1.29, 1.82) is 0 Å². The smallest absolute Gasteiger partial charge is 0.325 e. The second-order valence-corrected chi connectivity index (χ2v) is 8.64. The van der Waals surface area contributed by atoms with Crippen molar-refractivity contribution in [3.05, 3.63) is 59.1 Å². The molecule has 0 bridgehead atoms. The molecular weight excluding hydrogens is 414 g/mol. The van der Waals surface area contributed by atoms with Gasteiger partial charge in [0.15, 0.2) is 16.4 Å². The van der Waals surface area contributed by atoms with Gasteiger partial charge < -0.3 is 14.5 Å². The van der Waals surface area contributed by atoms with Crippen molar-refractivity contribution >= 4 is 39.4 Å². The van der Waals surface area contributed by atoms with Gasteiger partial charge in [-0.05, 0) is 42.7 Å². The number of benzene rings is 1. The summed E-state index contributed by atoms with van der Waals surface area (Å²) in [6.45, 7) is 6.71. The number of fused-ring (bicyclic) bond motifs is 1. The maximum absolute atomic E-state index is 12.5. The van der Waals surface area contributed by atoms with Crippen molar-refractivity contribution in [2.75, 3.05) is 17.2 Å². The summed E-state index contributed by atoms with van der Waals surface area (Å²) < 4.78 is 11.5. The first kappa shape index (κ1) is 20.8. The highest BCUT2D eigenvalue weighted by atomic mass is 32.1. The summed E-state index contributed by atoms with van der Waals surface area (Å²) in [4.78, 5) is 26.2. The van der Waals surface area contributed by atoms with Gasteiger partial charge in [0, 0.05) is 17.3 Å². The van der Waals surface area contributed by atoms with Gasteiger partial charge in [0.1, 0.15) is 5.75 Å². The molecule has 2 amide bonds. The fourth-order valence-electron chi connectivity index (χ4n) is 2.84. The maximum atomic E-state index is 12.5. The third kappa shape index (κ3) is 5.37. The Bertz CT molecular complexity index is 1170. The lowest BCUT2D eigenvalue weighted by atomic mass is 10.2. The van der Waals surface area contributed by atoms with Crippen molar-refractivity contribution in [2.24, 2.45) is 5.92 Å². The van der Waals surface area contributed by atoms with Gasteiger partial charge in [-0.25, -0.2) is 14.8 Å². The molecule has 3 heterocycles. The molecule has 0 aliphatic carbocycles. The van der Waals surface area contributed by atoms with Gasteiger partial charge in [0.05, 0.1) is 18.7 Å². The van der Waals surface area contributed by atoms with E-state index in [9.17, 15) is 4.79 Å². The first-order valence-corrected chi connectivity index (χ1v) is 10.7. The molecule has 31 heavy (non-hydrogen) atoms. The van der Waals surface area contributed by atoms with E-state index in [1.165, 1.54) is 11.3 Å². The molecule has 0 aliphatic heterocycles. The van der Waals surface area contributed by atoms with E-state index in [-0.39, 0.29) is 6.03 Å². The van der Waals surface area contributed by atoms with Gasteiger partial charge in [0.2, 0.25) is 5.89 Å². The summed E-state index contributed by atoms with van der Waals surface area (Å²) in [7, 11) is 0. The average Bonchev–Trinajstić information content (AvgIpc) is 3.34. The van der Waals surface area contributed by atoms with E-state index < -0.39 is 0 Å². The SMILES string of the molecule is Cc1ccc(NC(=O)Nc2ncc(Cc3nc4ncccc4o3)s2)c(OCC(C)C)c1. The number of carbonyl (C=O) groups excluding carboxylic acids is 1. The first-order valence-electron chi connectivity index (χ1n) is 9.93. The van der Waals surface area contributed by atoms with Crippen LogP contribution < -0.4 is 15.4 Å². The predicted molar refractivity (Wildman–Crippen MR) is 121 cm³/mol. The number of hydrogen-bond acceptors (Lipinski definition) is 7. The topological polar surface area (TPSA) is 102 Å². The lowest BCUT2D eigenvalue weighted by Gasteiger charge is -2.14. The summed E-state index contributed by atoms with van der Waals surface area (Å²) in [5.74, 6) is 1.58. The minimum Gasteiger partial charge on any atom is -0.491 e. The van der Waals surface area contributed by atoms with Crippen molar-refractivity contribution < 1.29 is 13.9 Å². The van der Waals surface area contributed by atoms with Crippen molar-refractivity contribution in [3.63, 3.8) is 0 Å². The Morgan fingerprint density at radius 2 is 2.10 bits per heavy atom. The number of aromatic nitrogens is 3. The molecule has 0 atom stereocenters. The minimum absolute atomic E-state index is 0.382. The summed E-state index contributed by atoms with van der Waals surface area (Å²) >= 11 is 1.36. The summed E-state index contributed by atoms with van der Waals surface area (Å²) in [6.07, 6.45) is 3.85. The third-order valence-electron chi connectivity index (χ3n) is 4.27. The van der Waals surface area contributed by atoms with Crippen LogP contribution in [0.2, 0.25) is 0 Å². The molecule has 0 unspecified atom stereocenters. The second kappa shape index (κ2) is 9.13. The molecule has 4 aromatic rings. The molecule has 0 saturated heterocycles. The fourth-order valence-corrected chi connectivity index (χ4v) is 3.64. The number of urea groups is 1. The van der Waals surface area contributed by atoms with Crippen LogP contribution >= 0.6 is 11.3 Å². The summed E-state index contributed by atoms with van der Waals surface area (Å²) in [5, 5.41) is 6.09. The van der Waals surface area contributed by atoms with Gasteiger partial charge in [-0.3, -0.25) is 5.32 Å². The Morgan fingerprint density at radius 1 is 1.23 bits per heavy atom. The highest BCUT2D eigenvalue weighted by Gasteiger charge is 2.13. The van der Waals surface area contributed by atoms with Crippen LogP contribution in [0, 0.1) is 12.8 Å². The number of anilines is 2. The summed E-state index contributed by atoms with van der Waals surface area (Å²) in [5.41, 5.74) is 2.89. The van der Waals surface area contributed by atoms with Crippen LogP contribution in [0.5, 0.6) is 5.75 Å². The Morgan fingerprint density at radius 3 is 2.90 bits per heavy atom. The zero-order chi connectivity index (χ0) is 21.8. The Hall–Kier alpha value is -3.46. The molecule has 0 spiro atoms. The molecule has 0 saturated carbocycles. The monoisotopic (exact) mass is 437 g/mol. The number of ether oxygens (including phenoxy) is 1. The molecule has 0 fully saturated rings. The molecule has 1 aromatic carbocycles. The zero-order valence-corrected chi connectivity index (χ0v) is 18.3. The number of amides is 2. The lowest BCUT2D eigenvalue weighted by Crippen LogP contribution is -2.20. The number of carbonyl (C=O) groups is 1. The van der Waals surface area contributed by atoms with E-state index in [1.807, 2.05) is 31.2 Å². The highest BCUT2D eigenvalue weighted by molar-refractivity contribution is 7.15. The van der Waals surface area contributed by atoms with Crippen molar-refractivity contribution in [2.45, 2.75) is 27.2 Å². The molecule has 4 rings (SSSR count). The standard InChI is InChI=1S/C22H23N5O3S/c1-13(2)12-29-18-9-14(3)6-7-16(18)25-21(28)27-22-24-11-15(31-22)10-19-26-20-17(30-19)5-4-8-23-20/h4-9,11,13H,10,12H2,1-3H3,(H2,24,25,27,28). The van der Waals surface area contributed by atoms with Gasteiger partial charge in [-0.2, -0.15) is 4.98 Å². The lowest BCUT2D eigenvalue weighted by molar-refractivity contribution is 0.260. The number of nitrogens with zero attached hydrogens (tertiary/aromatic N) is 3. The number of hydrogen-bond donors (Lipinski definition) is 2. The number of thiazole rings is 1. The average molecular weight is 438 g/mol. The molecule has 3 aromatic heterocycles. The number of aryl methyl sites for hydroxylation is 1. The van der Waals surface area contributed by atoms with E-state index in [1.54, 1.807) is 18.5 Å². The molecule has 9 heteroatoms. The molecular formula is C22H23N5O3S. The van der Waals surface area contributed by atoms with Crippen LogP contribution in [0.15, 0.2) is 47.1 Å². The van der Waals surface area contributed by atoms with Gasteiger partial charge >= 0.3 is 6.03 Å². The normalized spacial score (nSPS) is 11.1. The largest absolute Gasteiger partial charge is 0.491 e. The number of nitrogens with one attached hydrogen (secondary N) is 2. The predicted octanol–water partition coefficient (Wildman–Crippen LogP) is 5.26. The molecule has 0 aliphatic rings. The number of pyridine rings is 1. The van der Waals surface area contributed by atoms with E-state index in [2.05, 4.69) is 39.4 Å². The Kier molecular flexibility index (Phi) is 6.13. The van der Waals surface area contributed by atoms with E-state index in [4.69, 9.17) is 9.15 Å². The molecule has 160 valence electrons. The van der Waals surface area contributed by atoms with Crippen molar-refractivity contribution in [3.8, 4) is 5.75 Å². The Balaban J connectivity index is 1.39. The van der Waals surface area contributed by atoms with Gasteiger partial charge in [0.25, 0.3) is 0 Å². The van der Waals surface area contributed by atoms with Gasteiger partial charge in [-0.1, -0.05) is 19.9 Å². The fraction of sp³-hybridized carbons (Fsp3) is 0.273. The number of oxazole rings is 1. The van der Waals surface area contributed by atoms with Crippen LogP contribution in [0.4, 0.5) is 15.6 Å². The van der Waals surface area contributed by atoms with E-state index in [0.717, 1.165) is 10.4 Å². The summed E-state index contributed by atoms with van der Waals surface area (Å²) in [6, 6.07) is 8.91. The number of rotatable bonds is 7. The van der Waals surface area contributed by atoms with Crippen LogP contribution in [0.1, 0.15) is 30.2 Å². The van der Waals surface area contributed by atoms with E-state index >= 15 is 0 Å². The quantitative estimate of drug-likeness (QED) is 0.409. The molecule has 8 nitrogen and oxygen atoms in total. The van der Waals surface area contributed by atoms with Crippen LogP contribution in [0.3, 0.4) is 0 Å². The highest BCUT2D eigenvalue weighted by Crippen LogP contribution is 2.27. The van der Waals surface area contributed by atoms with Crippen LogP contribution in [-0.4, -0.2) is 27.6 Å². The third-order valence-corrected chi connectivity index (χ3v) is 5.18. The van der Waals surface area contributed by atoms with Crippen LogP contribution in [-0.2, 0) is 6.42 Å². The minimum atomic E-state index is -0.384. The van der Waals surface area contributed by atoms with E-state index in [0.29, 0.717) is 52.6 Å². The maximum Gasteiger partial charge on any atom is 0.325 e. The zero-order valence-electron chi connectivity index (χ0n) is 17.5. The first-order chi connectivity index (χ1) is 15.0.